The highest BCUT2D eigenvalue weighted by Gasteiger charge is 2.21. The molecule has 0 heterocycles. The summed E-state index contributed by atoms with van der Waals surface area (Å²) in [5, 5.41) is 17.9. The van der Waals surface area contributed by atoms with Crippen LogP contribution in [0.3, 0.4) is 0 Å². The number of rotatable bonds is 32. The number of amides is 3. The Balaban J connectivity index is 2.37. The summed E-state index contributed by atoms with van der Waals surface area (Å²) in [6, 6.07) is 3.54. The molecule has 52 heavy (non-hydrogen) atoms. The predicted octanol–water partition coefficient (Wildman–Crippen LogP) is 5.66. The van der Waals surface area contributed by atoms with Gasteiger partial charge in [-0.05, 0) is 50.4 Å². The van der Waals surface area contributed by atoms with Gasteiger partial charge in [0.05, 0.1) is 31.0 Å². The minimum absolute atomic E-state index is 0.0111. The van der Waals surface area contributed by atoms with E-state index in [1.807, 2.05) is 0 Å². The van der Waals surface area contributed by atoms with E-state index in [0.29, 0.717) is 30.9 Å². The number of anilines is 1. The van der Waals surface area contributed by atoms with Crippen LogP contribution in [0.25, 0.3) is 0 Å². The fourth-order valence-electron chi connectivity index (χ4n) is 6.03. The number of carbonyl (C=O) groups excluding carboxylic acids is 3. The SMILES string of the molecule is CCCCCCCCCCCCCCCCCCNC(=O)[C@H](CCCCN)NC(=O)CCOCC[N+](=C(N)N)c1cc(C(=O)O)ccc1NC(C)=O. The number of ether oxygens (including phenoxy) is 1. The molecule has 1 aromatic rings. The Morgan fingerprint density at radius 1 is 0.808 bits per heavy atom. The number of hydrogen-bond acceptors (Lipinski definition) is 6. The summed E-state index contributed by atoms with van der Waals surface area (Å²) in [7, 11) is 0. The minimum Gasteiger partial charge on any atom is -0.478 e. The van der Waals surface area contributed by atoms with Gasteiger partial charge in [0.25, 0.3) is 0 Å². The molecule has 296 valence electrons. The van der Waals surface area contributed by atoms with Crippen molar-refractivity contribution in [1.29, 1.82) is 0 Å². The number of carboxylic acids is 1. The number of carbonyl (C=O) groups is 4. The smallest absolute Gasteiger partial charge is 0.346 e. The fraction of sp³-hybridized carbons (Fsp3) is 0.718. The van der Waals surface area contributed by atoms with E-state index < -0.39 is 12.0 Å². The van der Waals surface area contributed by atoms with Gasteiger partial charge in [-0.15, -0.1) is 0 Å². The van der Waals surface area contributed by atoms with Crippen LogP contribution in [0.5, 0.6) is 0 Å². The van der Waals surface area contributed by atoms with Crippen LogP contribution in [0.4, 0.5) is 11.4 Å². The van der Waals surface area contributed by atoms with Crippen molar-refractivity contribution < 1.29 is 33.6 Å². The number of aromatic carboxylic acids is 1. The normalized spacial score (nSPS) is 11.5. The van der Waals surface area contributed by atoms with Crippen LogP contribution >= 0.6 is 0 Å². The van der Waals surface area contributed by atoms with Crippen molar-refractivity contribution in [2.75, 3.05) is 38.2 Å². The van der Waals surface area contributed by atoms with Crippen LogP contribution in [-0.2, 0) is 19.1 Å². The third-order valence-corrected chi connectivity index (χ3v) is 9.02. The average Bonchev–Trinajstić information content (AvgIpc) is 3.10. The molecule has 1 rings (SSSR count). The van der Waals surface area contributed by atoms with Crippen LogP contribution in [0.1, 0.15) is 153 Å². The highest BCUT2D eigenvalue weighted by molar-refractivity contribution is 5.95. The molecule has 1 atom stereocenters. The lowest BCUT2D eigenvalue weighted by Crippen LogP contribution is -2.47. The van der Waals surface area contributed by atoms with Crippen LogP contribution < -0.4 is 33.2 Å². The zero-order valence-corrected chi connectivity index (χ0v) is 32.2. The van der Waals surface area contributed by atoms with E-state index >= 15 is 0 Å². The molecule has 0 unspecified atom stereocenters. The van der Waals surface area contributed by atoms with Gasteiger partial charge >= 0.3 is 11.9 Å². The molecule has 0 saturated carbocycles. The molecule has 0 fully saturated rings. The summed E-state index contributed by atoms with van der Waals surface area (Å²) in [5.74, 6) is -2.11. The summed E-state index contributed by atoms with van der Waals surface area (Å²) in [6.45, 7) is 5.00. The highest BCUT2D eigenvalue weighted by Crippen LogP contribution is 2.26. The second-order valence-corrected chi connectivity index (χ2v) is 13.7. The number of carboxylic acid groups (broad SMARTS) is 1. The zero-order chi connectivity index (χ0) is 38.4. The molecule has 0 saturated heterocycles. The van der Waals surface area contributed by atoms with E-state index in [1.54, 1.807) is 0 Å². The number of nitrogens with one attached hydrogen (secondary N) is 3. The number of benzene rings is 1. The van der Waals surface area contributed by atoms with Crippen molar-refractivity contribution >= 4 is 41.0 Å². The summed E-state index contributed by atoms with van der Waals surface area (Å²) >= 11 is 0. The number of nitrogens with two attached hydrogens (primary N) is 3. The van der Waals surface area contributed by atoms with E-state index in [1.165, 1.54) is 120 Å². The topological polar surface area (TPSA) is 215 Å². The van der Waals surface area contributed by atoms with Gasteiger partial charge in [0, 0.05) is 19.9 Å². The molecule has 0 aliphatic carbocycles. The summed E-state index contributed by atoms with van der Waals surface area (Å²) in [6.07, 6.45) is 22.7. The van der Waals surface area contributed by atoms with E-state index in [0.717, 1.165) is 25.7 Å². The molecule has 13 nitrogen and oxygen atoms in total. The zero-order valence-electron chi connectivity index (χ0n) is 32.2. The van der Waals surface area contributed by atoms with Gasteiger partial charge in [-0.25, -0.2) is 9.37 Å². The van der Waals surface area contributed by atoms with Crippen molar-refractivity contribution in [3.63, 3.8) is 0 Å². The molecular formula is C39H70N7O6+. The first-order valence-electron chi connectivity index (χ1n) is 19.8. The van der Waals surface area contributed by atoms with Gasteiger partial charge in [-0.1, -0.05) is 103 Å². The largest absolute Gasteiger partial charge is 0.478 e. The Labute approximate surface area is 312 Å². The second kappa shape index (κ2) is 29.8. The van der Waals surface area contributed by atoms with Crippen molar-refractivity contribution in [2.24, 2.45) is 17.2 Å². The molecule has 0 spiro atoms. The maximum Gasteiger partial charge on any atom is 0.346 e. The van der Waals surface area contributed by atoms with E-state index in [2.05, 4.69) is 22.9 Å². The van der Waals surface area contributed by atoms with Crippen LogP contribution in [-0.4, -0.2) is 78.2 Å². The van der Waals surface area contributed by atoms with Gasteiger partial charge < -0.3 is 31.5 Å². The summed E-state index contributed by atoms with van der Waals surface area (Å²) in [4.78, 5) is 49.0. The van der Waals surface area contributed by atoms with Crippen molar-refractivity contribution in [3.05, 3.63) is 23.8 Å². The van der Waals surface area contributed by atoms with Crippen LogP contribution in [0.2, 0.25) is 0 Å². The second-order valence-electron chi connectivity index (χ2n) is 13.7. The summed E-state index contributed by atoms with van der Waals surface area (Å²) < 4.78 is 7.09. The molecule has 0 aromatic heterocycles. The monoisotopic (exact) mass is 733 g/mol. The maximum atomic E-state index is 13.0. The quantitative estimate of drug-likeness (QED) is 0.0210. The highest BCUT2D eigenvalue weighted by atomic mass is 16.5. The van der Waals surface area contributed by atoms with Gasteiger partial charge in [-0.3, -0.25) is 25.9 Å². The van der Waals surface area contributed by atoms with Crippen molar-refractivity contribution in [3.8, 4) is 0 Å². The van der Waals surface area contributed by atoms with Crippen LogP contribution in [0, 0.1) is 0 Å². The van der Waals surface area contributed by atoms with Crippen LogP contribution in [0.15, 0.2) is 18.2 Å². The van der Waals surface area contributed by atoms with Gasteiger partial charge in [0.1, 0.15) is 11.7 Å². The van der Waals surface area contributed by atoms with Crippen molar-refractivity contribution in [2.45, 2.75) is 148 Å². The molecule has 1 aromatic carbocycles. The Hall–Kier alpha value is -3.71. The van der Waals surface area contributed by atoms with Gasteiger partial charge in [0.15, 0.2) is 0 Å². The number of nitrogens with zero attached hydrogens (tertiary/aromatic N) is 1. The molecule has 0 radical (unpaired) electrons. The Morgan fingerprint density at radius 3 is 1.90 bits per heavy atom. The summed E-state index contributed by atoms with van der Waals surface area (Å²) in [5.41, 5.74) is 18.1. The lowest BCUT2D eigenvalue weighted by atomic mass is 10.0. The molecule has 0 bridgehead atoms. The first-order valence-corrected chi connectivity index (χ1v) is 19.8. The molecular weight excluding hydrogens is 662 g/mol. The Bertz CT molecular complexity index is 1210. The lowest BCUT2D eigenvalue weighted by molar-refractivity contribution is -0.446. The number of guanidine groups is 1. The molecule has 10 N–H and O–H groups in total. The standard InChI is InChI=1S/C39H69N7O6/c1-3-4-5-6-7-8-9-10-11-12-13-14-15-16-17-20-26-43-37(49)34(21-18-19-25-40)45-36(48)24-28-52-29-27-46(39(41)42)35-30-32(38(50)51)22-23-33(35)44-31(2)47/h22-23,30,34H,3-21,24-29,40H2,1-2H3,(H7,41,42,43,44,45,47,48,49,50,51)/p+1/t34-/m0/s1. The maximum absolute atomic E-state index is 13.0. The third-order valence-electron chi connectivity index (χ3n) is 9.02. The van der Waals surface area contributed by atoms with Gasteiger partial charge in [-0.2, -0.15) is 0 Å². The minimum atomic E-state index is -1.15. The first kappa shape index (κ1) is 46.3. The fourth-order valence-corrected chi connectivity index (χ4v) is 6.03. The van der Waals surface area contributed by atoms with Crippen molar-refractivity contribution in [1.82, 2.24) is 10.6 Å². The molecule has 3 amide bonds. The Morgan fingerprint density at radius 2 is 1.38 bits per heavy atom. The number of hydrogen-bond donors (Lipinski definition) is 7. The molecule has 13 heteroatoms. The molecule has 0 aliphatic heterocycles. The van der Waals surface area contributed by atoms with E-state index in [-0.39, 0.29) is 55.4 Å². The average molecular weight is 733 g/mol. The van der Waals surface area contributed by atoms with E-state index in [9.17, 15) is 24.3 Å². The Kier molecular flexibility index (Phi) is 26.6. The third kappa shape index (κ3) is 22.3. The lowest BCUT2D eigenvalue weighted by Gasteiger charge is -2.19. The predicted molar refractivity (Wildman–Crippen MR) is 209 cm³/mol. The first-order chi connectivity index (χ1) is 25.1. The number of unbranched alkanes of at least 4 members (excludes halogenated alkanes) is 16. The van der Waals surface area contributed by atoms with E-state index in [4.69, 9.17) is 21.9 Å². The van der Waals surface area contributed by atoms with Gasteiger partial charge in [0.2, 0.25) is 17.7 Å². The molecule has 0 aliphatic rings.